The van der Waals surface area contributed by atoms with Crippen LogP contribution in [-0.2, 0) is 0 Å². The van der Waals surface area contributed by atoms with Gasteiger partial charge in [0.1, 0.15) is 11.5 Å². The van der Waals surface area contributed by atoms with Crippen molar-refractivity contribution >= 4 is 27.5 Å². The topological polar surface area (TPSA) is 58.6 Å². The molecule has 0 saturated carbocycles. The van der Waals surface area contributed by atoms with Crippen molar-refractivity contribution in [1.29, 1.82) is 0 Å². The van der Waals surface area contributed by atoms with Crippen molar-refractivity contribution in [3.8, 4) is 11.5 Å². The van der Waals surface area contributed by atoms with Crippen LogP contribution in [0.1, 0.15) is 10.4 Å². The van der Waals surface area contributed by atoms with Crippen LogP contribution < -0.4 is 10.1 Å². The predicted octanol–water partition coefficient (Wildman–Crippen LogP) is 3.42. The van der Waals surface area contributed by atoms with Gasteiger partial charge in [-0.15, -0.1) is 0 Å². The molecule has 0 spiro atoms. The van der Waals surface area contributed by atoms with Crippen molar-refractivity contribution in [3.05, 3.63) is 52.5 Å². The summed E-state index contributed by atoms with van der Waals surface area (Å²) in [4.78, 5) is 12.1. The third-order valence-corrected chi connectivity index (χ3v) is 3.01. The van der Waals surface area contributed by atoms with Gasteiger partial charge in [0.25, 0.3) is 5.91 Å². The number of rotatable bonds is 3. The molecule has 98 valence electrons. The SMILES string of the molecule is COc1ccc(Br)cc1NC(=O)c1cccc(O)c1. The van der Waals surface area contributed by atoms with Crippen LogP contribution >= 0.6 is 15.9 Å². The zero-order valence-electron chi connectivity index (χ0n) is 10.2. The highest BCUT2D eigenvalue weighted by Crippen LogP contribution is 2.28. The first-order chi connectivity index (χ1) is 9.10. The normalized spacial score (nSPS) is 10.0. The molecule has 2 N–H and O–H groups in total. The largest absolute Gasteiger partial charge is 0.508 e. The Morgan fingerprint density at radius 3 is 2.74 bits per heavy atom. The molecular formula is C14H12BrNO3. The predicted molar refractivity (Wildman–Crippen MR) is 76.8 cm³/mol. The standard InChI is InChI=1S/C14H12BrNO3/c1-19-13-6-5-10(15)8-12(13)16-14(18)9-3-2-4-11(17)7-9/h2-8,17H,1H3,(H,16,18). The molecule has 0 unspecified atom stereocenters. The summed E-state index contributed by atoms with van der Waals surface area (Å²) in [6, 6.07) is 11.5. The van der Waals surface area contributed by atoms with Crippen LogP contribution in [0.25, 0.3) is 0 Å². The van der Waals surface area contributed by atoms with Crippen LogP contribution in [0.3, 0.4) is 0 Å². The molecule has 0 aliphatic carbocycles. The lowest BCUT2D eigenvalue weighted by Crippen LogP contribution is -2.12. The quantitative estimate of drug-likeness (QED) is 0.910. The summed E-state index contributed by atoms with van der Waals surface area (Å²) in [6.45, 7) is 0. The molecule has 0 bridgehead atoms. The van der Waals surface area contributed by atoms with Gasteiger partial charge < -0.3 is 15.2 Å². The van der Waals surface area contributed by atoms with Gasteiger partial charge in [0.15, 0.2) is 0 Å². The number of hydrogen-bond acceptors (Lipinski definition) is 3. The van der Waals surface area contributed by atoms with Crippen molar-refractivity contribution in [2.24, 2.45) is 0 Å². The summed E-state index contributed by atoms with van der Waals surface area (Å²) in [5, 5.41) is 12.1. The fraction of sp³-hybridized carbons (Fsp3) is 0.0714. The average molecular weight is 322 g/mol. The molecule has 0 atom stereocenters. The molecule has 4 nitrogen and oxygen atoms in total. The molecular weight excluding hydrogens is 310 g/mol. The fourth-order valence-electron chi connectivity index (χ4n) is 1.62. The molecule has 0 aliphatic heterocycles. The van der Waals surface area contributed by atoms with Crippen molar-refractivity contribution < 1.29 is 14.6 Å². The summed E-state index contributed by atoms with van der Waals surface area (Å²) in [5.74, 6) is 0.304. The van der Waals surface area contributed by atoms with Gasteiger partial charge in [0.05, 0.1) is 12.8 Å². The van der Waals surface area contributed by atoms with Gasteiger partial charge in [-0.05, 0) is 36.4 Å². The van der Waals surface area contributed by atoms with E-state index >= 15 is 0 Å². The molecule has 0 fully saturated rings. The maximum absolute atomic E-state index is 12.1. The highest BCUT2D eigenvalue weighted by atomic mass is 79.9. The van der Waals surface area contributed by atoms with Gasteiger partial charge in [-0.1, -0.05) is 22.0 Å². The number of anilines is 1. The Morgan fingerprint density at radius 1 is 1.26 bits per heavy atom. The first-order valence-corrected chi connectivity index (χ1v) is 6.33. The second-order valence-electron chi connectivity index (χ2n) is 3.85. The molecule has 19 heavy (non-hydrogen) atoms. The van der Waals surface area contributed by atoms with Crippen molar-refractivity contribution in [2.75, 3.05) is 12.4 Å². The number of phenols is 1. The molecule has 2 rings (SSSR count). The number of nitrogens with one attached hydrogen (secondary N) is 1. The zero-order chi connectivity index (χ0) is 13.8. The summed E-state index contributed by atoms with van der Waals surface area (Å²) < 4.78 is 6.01. The molecule has 2 aromatic rings. The Bertz CT molecular complexity index is 613. The maximum atomic E-state index is 12.1. The number of hydrogen-bond donors (Lipinski definition) is 2. The van der Waals surface area contributed by atoms with E-state index in [4.69, 9.17) is 4.74 Å². The van der Waals surface area contributed by atoms with E-state index in [0.29, 0.717) is 17.0 Å². The van der Waals surface area contributed by atoms with E-state index < -0.39 is 0 Å². The number of amides is 1. The summed E-state index contributed by atoms with van der Waals surface area (Å²) in [6.07, 6.45) is 0. The van der Waals surface area contributed by atoms with E-state index in [1.54, 1.807) is 24.3 Å². The van der Waals surface area contributed by atoms with Crippen LogP contribution in [0.5, 0.6) is 11.5 Å². The van der Waals surface area contributed by atoms with Gasteiger partial charge in [-0.25, -0.2) is 0 Å². The summed E-state index contributed by atoms with van der Waals surface area (Å²) in [7, 11) is 1.53. The Morgan fingerprint density at radius 2 is 2.05 bits per heavy atom. The first-order valence-electron chi connectivity index (χ1n) is 5.54. The van der Waals surface area contributed by atoms with Gasteiger partial charge in [-0.3, -0.25) is 4.79 Å². The molecule has 5 heteroatoms. The number of ether oxygens (including phenoxy) is 1. The lowest BCUT2D eigenvalue weighted by atomic mass is 10.2. The Balaban J connectivity index is 2.26. The van der Waals surface area contributed by atoms with Gasteiger partial charge in [0.2, 0.25) is 0 Å². The number of aromatic hydroxyl groups is 1. The van der Waals surface area contributed by atoms with Gasteiger partial charge in [0, 0.05) is 10.0 Å². The van der Waals surface area contributed by atoms with E-state index in [0.717, 1.165) is 4.47 Å². The fourth-order valence-corrected chi connectivity index (χ4v) is 1.98. The molecule has 0 radical (unpaired) electrons. The highest BCUT2D eigenvalue weighted by molar-refractivity contribution is 9.10. The molecule has 1 amide bonds. The van der Waals surface area contributed by atoms with Crippen LogP contribution in [-0.4, -0.2) is 18.1 Å². The number of carbonyl (C=O) groups is 1. The summed E-state index contributed by atoms with van der Waals surface area (Å²) in [5.41, 5.74) is 0.937. The monoisotopic (exact) mass is 321 g/mol. The number of carbonyl (C=O) groups excluding carboxylic acids is 1. The molecule has 0 aliphatic rings. The first kappa shape index (κ1) is 13.4. The summed E-state index contributed by atoms with van der Waals surface area (Å²) >= 11 is 3.34. The van der Waals surface area contributed by atoms with E-state index in [1.807, 2.05) is 6.07 Å². The number of halogens is 1. The molecule has 2 aromatic carbocycles. The Hall–Kier alpha value is -2.01. The van der Waals surface area contributed by atoms with E-state index in [2.05, 4.69) is 21.2 Å². The second-order valence-corrected chi connectivity index (χ2v) is 4.76. The van der Waals surface area contributed by atoms with Crippen molar-refractivity contribution in [2.45, 2.75) is 0 Å². The van der Waals surface area contributed by atoms with Crippen molar-refractivity contribution in [1.82, 2.24) is 0 Å². The minimum Gasteiger partial charge on any atom is -0.508 e. The van der Waals surface area contributed by atoms with E-state index in [-0.39, 0.29) is 11.7 Å². The van der Waals surface area contributed by atoms with Crippen LogP contribution in [0, 0.1) is 0 Å². The molecule has 0 saturated heterocycles. The lowest BCUT2D eigenvalue weighted by Gasteiger charge is -2.10. The number of phenolic OH excluding ortho intramolecular Hbond substituents is 1. The van der Waals surface area contributed by atoms with Crippen molar-refractivity contribution in [3.63, 3.8) is 0 Å². The third-order valence-electron chi connectivity index (χ3n) is 2.52. The van der Waals surface area contributed by atoms with E-state index in [1.165, 1.54) is 19.2 Å². The van der Waals surface area contributed by atoms with Gasteiger partial charge in [-0.2, -0.15) is 0 Å². The van der Waals surface area contributed by atoms with Gasteiger partial charge >= 0.3 is 0 Å². The number of benzene rings is 2. The van der Waals surface area contributed by atoms with Crippen LogP contribution in [0.15, 0.2) is 46.9 Å². The lowest BCUT2D eigenvalue weighted by molar-refractivity contribution is 0.102. The Kier molecular flexibility index (Phi) is 4.06. The Labute approximate surface area is 119 Å². The highest BCUT2D eigenvalue weighted by Gasteiger charge is 2.10. The molecule has 0 aromatic heterocycles. The smallest absolute Gasteiger partial charge is 0.255 e. The van der Waals surface area contributed by atoms with Crippen LogP contribution in [0.4, 0.5) is 5.69 Å². The third kappa shape index (κ3) is 3.26. The minimum absolute atomic E-state index is 0.0499. The van der Waals surface area contributed by atoms with Crippen LogP contribution in [0.2, 0.25) is 0 Å². The van der Waals surface area contributed by atoms with E-state index in [9.17, 15) is 9.90 Å². The second kappa shape index (κ2) is 5.75. The minimum atomic E-state index is -0.313. The zero-order valence-corrected chi connectivity index (χ0v) is 11.8. The molecule has 0 heterocycles. The number of methoxy groups -OCH3 is 1. The average Bonchev–Trinajstić information content (AvgIpc) is 2.39. The maximum Gasteiger partial charge on any atom is 0.255 e.